The molecule has 7 rings (SSSR count). The van der Waals surface area contributed by atoms with Crippen LogP contribution in [0.15, 0.2) is 121 Å². The Kier molecular flexibility index (Phi) is 10.5. The number of aryl methyl sites for hydroxylation is 4. The molecule has 1 saturated heterocycles. The van der Waals surface area contributed by atoms with Crippen LogP contribution in [0.1, 0.15) is 78.1 Å². The van der Waals surface area contributed by atoms with Gasteiger partial charge < -0.3 is 14.0 Å². The number of hydrogen-bond donors (Lipinski definition) is 0. The number of benzene rings is 6. The zero-order valence-electron chi connectivity index (χ0n) is 32.7. The summed E-state index contributed by atoms with van der Waals surface area (Å²) in [6.07, 6.45) is 1.95. The summed E-state index contributed by atoms with van der Waals surface area (Å²) in [7, 11) is 4.59. The number of likely N-dealkylation sites (tertiary alicyclic amines) is 1. The number of ketones is 2. The highest BCUT2D eigenvalue weighted by molar-refractivity contribution is 6.09. The second-order valence-corrected chi connectivity index (χ2v) is 15.8. The number of carbonyl (C=O) groups excluding carboxylic acids is 2. The quantitative estimate of drug-likeness (QED) is 0.103. The van der Waals surface area contributed by atoms with Crippen LogP contribution in [-0.2, 0) is 5.41 Å². The van der Waals surface area contributed by atoms with Gasteiger partial charge in [-0.15, -0.1) is 0 Å². The van der Waals surface area contributed by atoms with Gasteiger partial charge in [0, 0.05) is 40.5 Å². The van der Waals surface area contributed by atoms with Crippen LogP contribution in [-0.4, -0.2) is 43.2 Å². The molecular weight excluding hydrogens is 705 g/mol. The van der Waals surface area contributed by atoms with Crippen molar-refractivity contribution in [3.8, 4) is 23.0 Å². The summed E-state index contributed by atoms with van der Waals surface area (Å²) < 4.78 is 40.6. The molecule has 1 aliphatic heterocycles. The van der Waals surface area contributed by atoms with Crippen molar-refractivity contribution in [2.45, 2.75) is 46.0 Å². The molecule has 0 saturated carbocycles. The van der Waals surface area contributed by atoms with E-state index in [9.17, 15) is 18.4 Å². The van der Waals surface area contributed by atoms with Crippen molar-refractivity contribution in [3.63, 3.8) is 0 Å². The number of nitrogens with zero attached hydrogens (tertiary/aromatic N) is 1. The summed E-state index contributed by atoms with van der Waals surface area (Å²) in [5, 5.41) is 0. The molecule has 6 aromatic rings. The Morgan fingerprint density at radius 2 is 0.786 bits per heavy atom. The molecule has 6 aromatic carbocycles. The lowest BCUT2D eigenvalue weighted by molar-refractivity contribution is -0.896. The van der Waals surface area contributed by atoms with E-state index in [1.807, 2.05) is 0 Å². The lowest BCUT2D eigenvalue weighted by Crippen LogP contribution is -2.51. The van der Waals surface area contributed by atoms with E-state index in [0.717, 1.165) is 64.2 Å². The van der Waals surface area contributed by atoms with Gasteiger partial charge in [-0.3, -0.25) is 9.59 Å². The number of piperidine rings is 1. The van der Waals surface area contributed by atoms with Gasteiger partial charge in [-0.1, -0.05) is 24.3 Å². The van der Waals surface area contributed by atoms with E-state index in [-0.39, 0.29) is 28.6 Å². The number of rotatable bonds is 10. The van der Waals surface area contributed by atoms with E-state index in [1.165, 1.54) is 59.7 Å². The van der Waals surface area contributed by atoms with Crippen molar-refractivity contribution in [1.82, 2.24) is 0 Å². The van der Waals surface area contributed by atoms with Crippen LogP contribution < -0.4 is 9.47 Å². The Morgan fingerprint density at radius 3 is 1.09 bits per heavy atom. The van der Waals surface area contributed by atoms with Gasteiger partial charge in [0.1, 0.15) is 34.6 Å². The maximum absolute atomic E-state index is 13.4. The SMILES string of the molecule is Cc1cc(C2(c3cc(C)c(Oc4ccc(C(=O)c5ccc(F)cc5)cc4)c(C)c3)CC[N+](C)(C)CC2)cc(C)c1Oc1ccc(C(=O)c2ccc(F)cc2)cc1. The van der Waals surface area contributed by atoms with E-state index in [2.05, 4.69) is 66.1 Å². The normalized spacial score (nSPS) is 14.6. The van der Waals surface area contributed by atoms with Crippen LogP contribution >= 0.6 is 0 Å². The fourth-order valence-corrected chi connectivity index (χ4v) is 7.86. The third-order valence-electron chi connectivity index (χ3n) is 11.2. The van der Waals surface area contributed by atoms with Crippen LogP contribution in [0.2, 0.25) is 0 Å². The molecule has 0 aromatic heterocycles. The molecule has 0 bridgehead atoms. The first-order chi connectivity index (χ1) is 26.7. The minimum Gasteiger partial charge on any atom is -0.457 e. The zero-order chi connectivity index (χ0) is 39.8. The van der Waals surface area contributed by atoms with Crippen molar-refractivity contribution in [2.24, 2.45) is 0 Å². The number of carbonyl (C=O) groups is 2. The fourth-order valence-electron chi connectivity index (χ4n) is 7.86. The first-order valence-corrected chi connectivity index (χ1v) is 18.9. The molecule has 56 heavy (non-hydrogen) atoms. The highest BCUT2D eigenvalue weighted by Gasteiger charge is 2.42. The van der Waals surface area contributed by atoms with Crippen molar-refractivity contribution in [3.05, 3.63) is 189 Å². The first-order valence-electron chi connectivity index (χ1n) is 18.9. The molecule has 0 aliphatic carbocycles. The molecule has 0 amide bonds. The average Bonchev–Trinajstić information content (AvgIpc) is 3.18. The molecule has 284 valence electrons. The van der Waals surface area contributed by atoms with Gasteiger partial charge >= 0.3 is 0 Å². The summed E-state index contributed by atoms with van der Waals surface area (Å²) in [4.78, 5) is 25.9. The van der Waals surface area contributed by atoms with Gasteiger partial charge in [0.15, 0.2) is 11.6 Å². The topological polar surface area (TPSA) is 52.6 Å². The lowest BCUT2D eigenvalue weighted by atomic mass is 9.66. The second-order valence-electron chi connectivity index (χ2n) is 15.8. The van der Waals surface area contributed by atoms with Crippen LogP contribution in [0.5, 0.6) is 23.0 Å². The molecule has 0 spiro atoms. The summed E-state index contributed by atoms with van der Waals surface area (Å²) in [5.74, 6) is 1.71. The molecule has 1 fully saturated rings. The Morgan fingerprint density at radius 1 is 0.500 bits per heavy atom. The Labute approximate surface area is 327 Å². The molecule has 0 unspecified atom stereocenters. The average molecular weight is 751 g/mol. The van der Waals surface area contributed by atoms with Gasteiger partial charge in [0.25, 0.3) is 0 Å². The van der Waals surface area contributed by atoms with Crippen molar-refractivity contribution < 1.29 is 32.3 Å². The second kappa shape index (κ2) is 15.3. The summed E-state index contributed by atoms with van der Waals surface area (Å²) in [6, 6.07) is 34.3. The first kappa shape index (κ1) is 38.4. The Balaban J connectivity index is 1.14. The summed E-state index contributed by atoms with van der Waals surface area (Å²) in [6.45, 7) is 10.4. The van der Waals surface area contributed by atoms with Gasteiger partial charge in [-0.2, -0.15) is 0 Å². The van der Waals surface area contributed by atoms with E-state index >= 15 is 0 Å². The predicted molar refractivity (Wildman–Crippen MR) is 216 cm³/mol. The van der Waals surface area contributed by atoms with Gasteiger partial charge in [0.2, 0.25) is 0 Å². The number of quaternary nitrogens is 1. The maximum atomic E-state index is 13.4. The third-order valence-corrected chi connectivity index (χ3v) is 11.2. The van der Waals surface area contributed by atoms with Crippen molar-refractivity contribution >= 4 is 11.6 Å². The van der Waals surface area contributed by atoms with Crippen molar-refractivity contribution in [1.29, 1.82) is 0 Å². The van der Waals surface area contributed by atoms with E-state index in [4.69, 9.17) is 9.47 Å². The van der Waals surface area contributed by atoms with E-state index in [1.54, 1.807) is 48.5 Å². The van der Waals surface area contributed by atoms with E-state index < -0.39 is 0 Å². The molecule has 0 N–H and O–H groups in total. The predicted octanol–water partition coefficient (Wildman–Crippen LogP) is 11.4. The minimum atomic E-state index is -0.381. The molecule has 5 nitrogen and oxygen atoms in total. The molecule has 1 heterocycles. The largest absolute Gasteiger partial charge is 0.457 e. The lowest BCUT2D eigenvalue weighted by Gasteiger charge is -2.46. The molecule has 0 radical (unpaired) electrons. The highest BCUT2D eigenvalue weighted by Crippen LogP contribution is 2.47. The molecule has 7 heteroatoms. The molecule has 0 atom stereocenters. The van der Waals surface area contributed by atoms with Crippen LogP contribution in [0, 0.1) is 39.3 Å². The fraction of sp³-hybridized carbons (Fsp3) is 0.224. The maximum Gasteiger partial charge on any atom is 0.193 e. The molecule has 1 aliphatic rings. The zero-order valence-corrected chi connectivity index (χ0v) is 32.7. The Bertz CT molecular complexity index is 2200. The standard InChI is InChI=1S/C49H46F2NO4/c1-31-27-39(28-32(2)47(31)55-43-19-11-37(12-20-43)45(53)35-7-15-41(50)16-8-35)49(23-25-52(5,6)26-24-49)40-29-33(3)48(34(4)30-40)56-44-21-13-38(14-22-44)46(54)36-9-17-42(51)18-10-36/h7-22,27-30H,23-26H2,1-6H3/q+1. The van der Waals surface area contributed by atoms with Crippen molar-refractivity contribution in [2.75, 3.05) is 27.2 Å². The smallest absolute Gasteiger partial charge is 0.193 e. The number of ether oxygens (including phenoxy) is 2. The summed E-state index contributed by atoms with van der Waals surface area (Å²) in [5.41, 5.74) is 8.27. The van der Waals surface area contributed by atoms with Gasteiger partial charge in [0.05, 0.1) is 27.2 Å². The summed E-state index contributed by atoms with van der Waals surface area (Å²) >= 11 is 0. The Hall–Kier alpha value is -5.92. The van der Waals surface area contributed by atoms with Crippen LogP contribution in [0.25, 0.3) is 0 Å². The monoisotopic (exact) mass is 750 g/mol. The molecular formula is C49H46F2NO4+. The van der Waals surface area contributed by atoms with E-state index in [0.29, 0.717) is 33.8 Å². The third kappa shape index (κ3) is 7.91. The number of hydrogen-bond acceptors (Lipinski definition) is 4. The highest BCUT2D eigenvalue weighted by atomic mass is 19.1. The van der Waals surface area contributed by atoms with Crippen LogP contribution in [0.4, 0.5) is 8.78 Å². The minimum absolute atomic E-state index is 0.177. The number of halogens is 2. The van der Waals surface area contributed by atoms with Gasteiger partial charge in [-0.05, 0) is 158 Å². The van der Waals surface area contributed by atoms with Gasteiger partial charge in [-0.25, -0.2) is 8.78 Å². The van der Waals surface area contributed by atoms with Crippen LogP contribution in [0.3, 0.4) is 0 Å².